The normalized spacial score (nSPS) is 23.1. The molecule has 0 bridgehead atoms. The summed E-state index contributed by atoms with van der Waals surface area (Å²) in [6.45, 7) is 3.08. The van der Waals surface area contributed by atoms with E-state index in [1.165, 1.54) is 12.8 Å². The first-order chi connectivity index (χ1) is 11.2. The molecule has 1 aliphatic heterocycles. The number of hydrogen-bond donors (Lipinski definition) is 2. The van der Waals surface area contributed by atoms with Crippen LogP contribution in [0.1, 0.15) is 25.7 Å². The fraction of sp³-hybridized carbons (Fsp3) is 0.765. The van der Waals surface area contributed by atoms with E-state index in [2.05, 4.69) is 39.2 Å². The molecule has 2 heterocycles. The summed E-state index contributed by atoms with van der Waals surface area (Å²) in [6.07, 6.45) is 6.55. The van der Waals surface area contributed by atoms with E-state index >= 15 is 0 Å². The summed E-state index contributed by atoms with van der Waals surface area (Å²) in [4.78, 5) is 13.4. The number of hydrogen-bond acceptors (Lipinski definition) is 6. The van der Waals surface area contributed by atoms with Gasteiger partial charge in [0, 0.05) is 38.3 Å². The number of likely N-dealkylation sites (N-methyl/N-ethyl adjacent to an activating group) is 1. The van der Waals surface area contributed by atoms with Gasteiger partial charge in [-0.3, -0.25) is 0 Å². The molecule has 2 unspecified atom stereocenters. The van der Waals surface area contributed by atoms with Gasteiger partial charge in [0.1, 0.15) is 18.0 Å². The van der Waals surface area contributed by atoms with Crippen LogP contribution in [-0.4, -0.2) is 66.4 Å². The third-order valence-electron chi connectivity index (χ3n) is 5.08. The van der Waals surface area contributed by atoms with Gasteiger partial charge in [0.25, 0.3) is 0 Å². The second kappa shape index (κ2) is 7.45. The van der Waals surface area contributed by atoms with Crippen LogP contribution in [0.2, 0.25) is 0 Å². The van der Waals surface area contributed by atoms with Gasteiger partial charge in [-0.25, -0.2) is 9.97 Å². The van der Waals surface area contributed by atoms with Gasteiger partial charge in [0.2, 0.25) is 0 Å². The first kappa shape index (κ1) is 16.5. The van der Waals surface area contributed by atoms with Crippen LogP contribution < -0.4 is 10.2 Å². The molecule has 2 fully saturated rings. The van der Waals surface area contributed by atoms with Gasteiger partial charge < -0.3 is 20.2 Å². The van der Waals surface area contributed by atoms with Gasteiger partial charge in [-0.05, 0) is 51.6 Å². The Hall–Kier alpha value is -1.40. The number of aromatic nitrogens is 2. The highest BCUT2D eigenvalue weighted by molar-refractivity contribution is 5.48. The molecule has 2 N–H and O–H groups in total. The highest BCUT2D eigenvalue weighted by Crippen LogP contribution is 2.34. The van der Waals surface area contributed by atoms with Gasteiger partial charge >= 0.3 is 0 Å². The molecule has 23 heavy (non-hydrogen) atoms. The summed E-state index contributed by atoms with van der Waals surface area (Å²) in [5.41, 5.74) is 0. The van der Waals surface area contributed by atoms with Gasteiger partial charge in [-0.2, -0.15) is 0 Å². The van der Waals surface area contributed by atoms with Crippen LogP contribution in [0.5, 0.6) is 0 Å². The van der Waals surface area contributed by atoms with Crippen molar-refractivity contribution in [2.75, 3.05) is 50.6 Å². The van der Waals surface area contributed by atoms with E-state index < -0.39 is 0 Å². The summed E-state index contributed by atoms with van der Waals surface area (Å²) < 4.78 is 0. The fourth-order valence-electron chi connectivity index (χ4n) is 3.50. The van der Waals surface area contributed by atoms with Crippen molar-refractivity contribution in [3.63, 3.8) is 0 Å². The number of anilines is 2. The summed E-state index contributed by atoms with van der Waals surface area (Å²) >= 11 is 0. The molecule has 6 heteroatoms. The highest BCUT2D eigenvalue weighted by Gasteiger charge is 2.32. The van der Waals surface area contributed by atoms with E-state index in [4.69, 9.17) is 0 Å². The fourth-order valence-corrected chi connectivity index (χ4v) is 3.50. The summed E-state index contributed by atoms with van der Waals surface area (Å²) in [5, 5.41) is 12.9. The molecule has 2 atom stereocenters. The molecule has 1 saturated carbocycles. The lowest BCUT2D eigenvalue weighted by molar-refractivity contribution is 0.208. The highest BCUT2D eigenvalue weighted by atomic mass is 16.3. The Morgan fingerprint density at radius 3 is 2.87 bits per heavy atom. The van der Waals surface area contributed by atoms with Crippen molar-refractivity contribution in [1.29, 1.82) is 0 Å². The number of nitrogens with zero attached hydrogens (tertiary/aromatic N) is 4. The predicted octanol–water partition coefficient (Wildman–Crippen LogP) is 1.44. The first-order valence-corrected chi connectivity index (χ1v) is 8.75. The van der Waals surface area contributed by atoms with E-state index in [1.807, 2.05) is 6.07 Å². The zero-order chi connectivity index (χ0) is 16.2. The van der Waals surface area contributed by atoms with Crippen LogP contribution in [0.3, 0.4) is 0 Å². The molecule has 128 valence electrons. The van der Waals surface area contributed by atoms with E-state index in [0.29, 0.717) is 12.0 Å². The maximum atomic E-state index is 9.39. The average molecular weight is 319 g/mol. The van der Waals surface area contributed by atoms with Crippen LogP contribution in [0.25, 0.3) is 0 Å². The largest absolute Gasteiger partial charge is 0.396 e. The van der Waals surface area contributed by atoms with Crippen LogP contribution in [0, 0.1) is 11.8 Å². The zero-order valence-electron chi connectivity index (χ0n) is 14.3. The molecule has 1 saturated heterocycles. The number of aliphatic hydroxyl groups excluding tert-OH is 1. The Morgan fingerprint density at radius 2 is 2.17 bits per heavy atom. The van der Waals surface area contributed by atoms with Crippen LogP contribution in [-0.2, 0) is 0 Å². The Morgan fingerprint density at radius 1 is 1.35 bits per heavy atom. The average Bonchev–Trinajstić information content (AvgIpc) is 3.40. The summed E-state index contributed by atoms with van der Waals surface area (Å²) in [7, 11) is 4.30. The number of nitrogens with one attached hydrogen (secondary N) is 1. The quantitative estimate of drug-likeness (QED) is 0.793. The summed E-state index contributed by atoms with van der Waals surface area (Å²) in [5.74, 6) is 3.05. The third-order valence-corrected chi connectivity index (χ3v) is 5.08. The summed E-state index contributed by atoms with van der Waals surface area (Å²) in [6, 6.07) is 2.61. The SMILES string of the molecule is CN(C)C(CNc1cc(N2CCCC(CO)C2)ncn1)C1CC1. The minimum absolute atomic E-state index is 0.262. The lowest BCUT2D eigenvalue weighted by atomic mass is 9.99. The second-order valence-corrected chi connectivity index (χ2v) is 7.15. The number of rotatable bonds is 7. The van der Waals surface area contributed by atoms with Crippen molar-refractivity contribution < 1.29 is 5.11 Å². The molecule has 1 aromatic heterocycles. The minimum Gasteiger partial charge on any atom is -0.396 e. The van der Waals surface area contributed by atoms with Crippen molar-refractivity contribution in [2.24, 2.45) is 11.8 Å². The molecule has 1 aliphatic carbocycles. The molecule has 0 amide bonds. The maximum absolute atomic E-state index is 9.39. The third kappa shape index (κ3) is 4.32. The zero-order valence-corrected chi connectivity index (χ0v) is 14.3. The van der Waals surface area contributed by atoms with E-state index in [-0.39, 0.29) is 6.61 Å². The molecule has 1 aromatic rings. The van der Waals surface area contributed by atoms with Crippen molar-refractivity contribution in [2.45, 2.75) is 31.7 Å². The van der Waals surface area contributed by atoms with E-state index in [0.717, 1.165) is 50.0 Å². The van der Waals surface area contributed by atoms with Crippen LogP contribution in [0.15, 0.2) is 12.4 Å². The van der Waals surface area contributed by atoms with Crippen LogP contribution >= 0.6 is 0 Å². The predicted molar refractivity (Wildman–Crippen MR) is 92.7 cm³/mol. The van der Waals surface area contributed by atoms with Crippen LogP contribution in [0.4, 0.5) is 11.6 Å². The molecular formula is C17H29N5O. The topological polar surface area (TPSA) is 64.5 Å². The molecule has 0 spiro atoms. The second-order valence-electron chi connectivity index (χ2n) is 7.15. The Bertz CT molecular complexity index is 504. The molecule has 2 aliphatic rings. The molecule has 0 aromatic carbocycles. The smallest absolute Gasteiger partial charge is 0.134 e. The van der Waals surface area contributed by atoms with Crippen molar-refractivity contribution in [3.05, 3.63) is 12.4 Å². The maximum Gasteiger partial charge on any atom is 0.134 e. The monoisotopic (exact) mass is 319 g/mol. The first-order valence-electron chi connectivity index (χ1n) is 8.75. The van der Waals surface area contributed by atoms with Crippen molar-refractivity contribution >= 4 is 11.6 Å². The van der Waals surface area contributed by atoms with Gasteiger partial charge in [-0.15, -0.1) is 0 Å². The molecule has 6 nitrogen and oxygen atoms in total. The Labute approximate surface area is 138 Å². The Balaban J connectivity index is 1.60. The Kier molecular flexibility index (Phi) is 5.33. The molecule has 0 radical (unpaired) electrons. The van der Waals surface area contributed by atoms with Gasteiger partial charge in [0.15, 0.2) is 0 Å². The lowest BCUT2D eigenvalue weighted by Crippen LogP contribution is -2.37. The van der Waals surface area contributed by atoms with E-state index in [9.17, 15) is 5.11 Å². The molecular weight excluding hydrogens is 290 g/mol. The van der Waals surface area contributed by atoms with E-state index in [1.54, 1.807) is 6.33 Å². The lowest BCUT2D eigenvalue weighted by Gasteiger charge is -2.32. The number of piperidine rings is 1. The van der Waals surface area contributed by atoms with Crippen molar-refractivity contribution in [3.8, 4) is 0 Å². The van der Waals surface area contributed by atoms with Crippen molar-refractivity contribution in [1.82, 2.24) is 14.9 Å². The standard InChI is InChI=1S/C17H29N5O/c1-21(2)15(14-5-6-14)9-18-16-8-17(20-12-19-16)22-7-3-4-13(10-22)11-23/h8,12-15,23H,3-7,9-11H2,1-2H3,(H,18,19,20). The van der Waals surface area contributed by atoms with Gasteiger partial charge in [0.05, 0.1) is 0 Å². The minimum atomic E-state index is 0.262. The van der Waals surface area contributed by atoms with Gasteiger partial charge in [-0.1, -0.05) is 0 Å². The number of aliphatic hydroxyl groups is 1. The molecule has 3 rings (SSSR count).